The number of nitrogens with zero attached hydrogens (tertiary/aromatic N) is 1. The Kier molecular flexibility index (Phi) is 5.96. The first-order valence-corrected chi connectivity index (χ1v) is 7.42. The van der Waals surface area contributed by atoms with Gasteiger partial charge in [-0.2, -0.15) is 0 Å². The van der Waals surface area contributed by atoms with E-state index < -0.39 is 0 Å². The Morgan fingerprint density at radius 1 is 1.14 bits per heavy atom. The fraction of sp³-hybridized carbons (Fsp3) is 0.471. The lowest BCUT2D eigenvalue weighted by Gasteiger charge is -2.02. The number of ether oxygens (including phenoxy) is 1. The molecule has 0 radical (unpaired) electrons. The van der Waals surface area contributed by atoms with Gasteiger partial charge in [0.2, 0.25) is 0 Å². The number of methoxy groups -OCH3 is 1. The molecular formula is C17H24N2O2. The molecule has 0 spiro atoms. The highest BCUT2D eigenvalue weighted by molar-refractivity contribution is 5.58. The zero-order chi connectivity index (χ0) is 15.1. The first-order chi connectivity index (χ1) is 10.2. The normalized spacial score (nSPS) is 11.0. The Hall–Kier alpha value is -1.65. The van der Waals surface area contributed by atoms with E-state index in [1.165, 1.54) is 11.1 Å². The van der Waals surface area contributed by atoms with Gasteiger partial charge in [0.15, 0.2) is 11.7 Å². The van der Waals surface area contributed by atoms with Gasteiger partial charge in [0.05, 0.1) is 12.8 Å². The van der Waals surface area contributed by atoms with E-state index in [-0.39, 0.29) is 0 Å². The van der Waals surface area contributed by atoms with E-state index in [0.29, 0.717) is 0 Å². The largest absolute Gasteiger partial charge is 0.441 e. The number of oxazole rings is 1. The number of aryl methyl sites for hydroxylation is 3. The van der Waals surface area contributed by atoms with Crippen LogP contribution in [0.3, 0.4) is 0 Å². The first-order valence-electron chi connectivity index (χ1n) is 7.42. The van der Waals surface area contributed by atoms with E-state index in [1.54, 1.807) is 7.11 Å². The first kappa shape index (κ1) is 15.7. The Balaban J connectivity index is 1.86. The number of hydrogen-bond donors (Lipinski definition) is 1. The van der Waals surface area contributed by atoms with Crippen LogP contribution in [0, 0.1) is 13.8 Å². The molecule has 0 atom stereocenters. The standard InChI is InChI=1S/C17H24N2O2/c1-13-9-14(2)11-15(10-13)16-12-19-17(21-16)5-4-6-18-7-8-20-3/h9-12,18H,4-8H2,1-3H3. The van der Waals surface area contributed by atoms with Crippen molar-refractivity contribution >= 4 is 0 Å². The Morgan fingerprint density at radius 2 is 1.90 bits per heavy atom. The van der Waals surface area contributed by atoms with Gasteiger partial charge < -0.3 is 14.5 Å². The molecule has 1 aromatic heterocycles. The minimum atomic E-state index is 0.746. The fourth-order valence-electron chi connectivity index (χ4n) is 2.34. The summed E-state index contributed by atoms with van der Waals surface area (Å²) in [6, 6.07) is 6.42. The van der Waals surface area contributed by atoms with Crippen molar-refractivity contribution < 1.29 is 9.15 Å². The summed E-state index contributed by atoms with van der Waals surface area (Å²) in [5.74, 6) is 1.65. The molecule has 0 bridgehead atoms. The molecule has 0 aliphatic rings. The quantitative estimate of drug-likeness (QED) is 0.758. The molecule has 0 aliphatic carbocycles. The van der Waals surface area contributed by atoms with Crippen LogP contribution in [0.25, 0.3) is 11.3 Å². The highest BCUT2D eigenvalue weighted by Gasteiger charge is 2.07. The van der Waals surface area contributed by atoms with Crippen LogP contribution in [0.1, 0.15) is 23.4 Å². The molecule has 2 rings (SSSR count). The van der Waals surface area contributed by atoms with Crippen molar-refractivity contribution in [2.24, 2.45) is 0 Å². The van der Waals surface area contributed by atoms with Gasteiger partial charge >= 0.3 is 0 Å². The van der Waals surface area contributed by atoms with Gasteiger partial charge in [-0.05, 0) is 38.9 Å². The molecule has 2 aromatic rings. The lowest BCUT2D eigenvalue weighted by molar-refractivity contribution is 0.199. The maximum Gasteiger partial charge on any atom is 0.194 e. The lowest BCUT2D eigenvalue weighted by Crippen LogP contribution is -2.20. The summed E-state index contributed by atoms with van der Waals surface area (Å²) in [4.78, 5) is 4.37. The third-order valence-corrected chi connectivity index (χ3v) is 3.29. The molecule has 0 unspecified atom stereocenters. The van der Waals surface area contributed by atoms with Crippen LogP contribution in [-0.2, 0) is 11.2 Å². The minimum Gasteiger partial charge on any atom is -0.441 e. The number of aromatic nitrogens is 1. The van der Waals surface area contributed by atoms with Gasteiger partial charge in [0, 0.05) is 25.6 Å². The van der Waals surface area contributed by atoms with E-state index in [1.807, 2.05) is 6.20 Å². The summed E-state index contributed by atoms with van der Waals surface area (Å²) in [5, 5.41) is 3.32. The molecule has 0 saturated heterocycles. The highest BCUT2D eigenvalue weighted by atomic mass is 16.5. The molecule has 0 amide bonds. The van der Waals surface area contributed by atoms with Gasteiger partial charge in [-0.25, -0.2) is 4.98 Å². The zero-order valence-corrected chi connectivity index (χ0v) is 13.1. The van der Waals surface area contributed by atoms with Crippen molar-refractivity contribution in [3.8, 4) is 11.3 Å². The Bertz CT molecular complexity index is 543. The van der Waals surface area contributed by atoms with Crippen LogP contribution < -0.4 is 5.32 Å². The van der Waals surface area contributed by atoms with Gasteiger partial charge in [-0.15, -0.1) is 0 Å². The topological polar surface area (TPSA) is 47.3 Å². The monoisotopic (exact) mass is 288 g/mol. The molecule has 0 aliphatic heterocycles. The minimum absolute atomic E-state index is 0.746. The molecule has 4 heteroatoms. The van der Waals surface area contributed by atoms with Gasteiger partial charge in [0.25, 0.3) is 0 Å². The average molecular weight is 288 g/mol. The van der Waals surface area contributed by atoms with E-state index in [4.69, 9.17) is 9.15 Å². The summed E-state index contributed by atoms with van der Waals surface area (Å²) in [6.07, 6.45) is 3.68. The summed E-state index contributed by atoms with van der Waals surface area (Å²) in [7, 11) is 1.71. The fourth-order valence-corrected chi connectivity index (χ4v) is 2.34. The van der Waals surface area contributed by atoms with Crippen LogP contribution in [0.2, 0.25) is 0 Å². The third-order valence-electron chi connectivity index (χ3n) is 3.29. The zero-order valence-electron chi connectivity index (χ0n) is 13.1. The number of benzene rings is 1. The number of rotatable bonds is 8. The van der Waals surface area contributed by atoms with Gasteiger partial charge in [-0.1, -0.05) is 17.2 Å². The van der Waals surface area contributed by atoms with Gasteiger partial charge in [-0.3, -0.25) is 0 Å². The second kappa shape index (κ2) is 7.96. The molecule has 4 nitrogen and oxygen atoms in total. The van der Waals surface area contributed by atoms with Crippen LogP contribution in [0.15, 0.2) is 28.8 Å². The molecule has 114 valence electrons. The van der Waals surface area contributed by atoms with Crippen molar-refractivity contribution in [3.63, 3.8) is 0 Å². The molecule has 0 fully saturated rings. The van der Waals surface area contributed by atoms with Crippen LogP contribution in [0.5, 0.6) is 0 Å². The van der Waals surface area contributed by atoms with Gasteiger partial charge in [0.1, 0.15) is 0 Å². The summed E-state index contributed by atoms with van der Waals surface area (Å²) in [5.41, 5.74) is 3.58. The molecular weight excluding hydrogens is 264 g/mol. The van der Waals surface area contributed by atoms with Crippen molar-refractivity contribution in [1.29, 1.82) is 0 Å². The van der Waals surface area contributed by atoms with Crippen molar-refractivity contribution in [1.82, 2.24) is 10.3 Å². The second-order valence-corrected chi connectivity index (χ2v) is 5.34. The molecule has 1 heterocycles. The lowest BCUT2D eigenvalue weighted by atomic mass is 10.1. The van der Waals surface area contributed by atoms with E-state index in [2.05, 4.69) is 42.3 Å². The van der Waals surface area contributed by atoms with Crippen LogP contribution in [0.4, 0.5) is 0 Å². The molecule has 0 saturated carbocycles. The molecule has 1 N–H and O–H groups in total. The van der Waals surface area contributed by atoms with Crippen molar-refractivity contribution in [3.05, 3.63) is 41.4 Å². The molecule has 21 heavy (non-hydrogen) atoms. The van der Waals surface area contributed by atoms with E-state index in [0.717, 1.165) is 49.8 Å². The van der Waals surface area contributed by atoms with Crippen LogP contribution >= 0.6 is 0 Å². The van der Waals surface area contributed by atoms with Crippen molar-refractivity contribution in [2.45, 2.75) is 26.7 Å². The predicted molar refractivity (Wildman–Crippen MR) is 84.5 cm³/mol. The third kappa shape index (κ3) is 4.99. The maximum atomic E-state index is 5.84. The second-order valence-electron chi connectivity index (χ2n) is 5.34. The highest BCUT2D eigenvalue weighted by Crippen LogP contribution is 2.23. The smallest absolute Gasteiger partial charge is 0.194 e. The summed E-state index contributed by atoms with van der Waals surface area (Å²) >= 11 is 0. The van der Waals surface area contributed by atoms with E-state index >= 15 is 0 Å². The van der Waals surface area contributed by atoms with E-state index in [9.17, 15) is 0 Å². The van der Waals surface area contributed by atoms with Crippen molar-refractivity contribution in [2.75, 3.05) is 26.8 Å². The Labute approximate surface area is 126 Å². The summed E-state index contributed by atoms with van der Waals surface area (Å²) < 4.78 is 10.8. The van der Waals surface area contributed by atoms with Crippen LogP contribution in [-0.4, -0.2) is 31.8 Å². The predicted octanol–water partition coefficient (Wildman–Crippen LogP) is 3.13. The SMILES string of the molecule is COCCNCCCc1ncc(-c2cc(C)cc(C)c2)o1. The Morgan fingerprint density at radius 3 is 2.62 bits per heavy atom. The average Bonchev–Trinajstić information content (AvgIpc) is 2.90. The maximum absolute atomic E-state index is 5.84. The molecule has 1 aromatic carbocycles. The number of hydrogen-bond acceptors (Lipinski definition) is 4. The number of nitrogens with one attached hydrogen (secondary N) is 1. The summed E-state index contributed by atoms with van der Waals surface area (Å²) in [6.45, 7) is 6.77.